The number of pyridine rings is 1. The highest BCUT2D eigenvalue weighted by atomic mass is 16.5. The van der Waals surface area contributed by atoms with Crippen LogP contribution < -0.4 is 5.56 Å². The number of aryl methyl sites for hydroxylation is 2. The summed E-state index contributed by atoms with van der Waals surface area (Å²) >= 11 is 0. The van der Waals surface area contributed by atoms with Crippen molar-refractivity contribution in [2.24, 2.45) is 0 Å². The van der Waals surface area contributed by atoms with E-state index in [-0.39, 0.29) is 11.5 Å². The monoisotopic (exact) mass is 454 g/mol. The van der Waals surface area contributed by atoms with Gasteiger partial charge < -0.3 is 14.2 Å². The molecule has 0 amide bonds. The van der Waals surface area contributed by atoms with Gasteiger partial charge in [0.1, 0.15) is 0 Å². The maximum atomic E-state index is 13.3. The van der Waals surface area contributed by atoms with Gasteiger partial charge in [-0.25, -0.2) is 4.79 Å². The van der Waals surface area contributed by atoms with E-state index in [1.807, 2.05) is 64.5 Å². The summed E-state index contributed by atoms with van der Waals surface area (Å²) < 4.78 is 6.65. The summed E-state index contributed by atoms with van der Waals surface area (Å²) in [5.74, 6) is -0.365. The average Bonchev–Trinajstić information content (AvgIpc) is 2.82. The van der Waals surface area contributed by atoms with Gasteiger partial charge in [-0.15, -0.1) is 0 Å². The van der Waals surface area contributed by atoms with Crippen molar-refractivity contribution in [2.45, 2.75) is 26.9 Å². The van der Waals surface area contributed by atoms with Crippen LogP contribution in [0.2, 0.25) is 0 Å². The van der Waals surface area contributed by atoms with Crippen LogP contribution in [0.5, 0.6) is 0 Å². The van der Waals surface area contributed by atoms with E-state index in [0.29, 0.717) is 17.5 Å². The number of ether oxygens (including phenoxy) is 1. The quantitative estimate of drug-likeness (QED) is 0.377. The lowest BCUT2D eigenvalue weighted by Gasteiger charge is -2.14. The topological polar surface area (TPSA) is 51.5 Å². The Morgan fingerprint density at radius 3 is 2.26 bits per heavy atom. The SMILES string of the molecule is COC(=O)c1ccc(C)c(-c2ccc3c(=O)n(Cc4ccc(CN(C)C)cc4)cc(C)c3c2)c1. The standard InChI is InChI=1S/C29H30N2O3/c1-19-6-11-24(29(33)34-5)15-26(19)23-12-13-25-27(14-23)20(2)16-31(28(25)32)18-22-9-7-21(8-10-22)17-30(3)4/h6-16H,17-18H2,1-5H3. The molecule has 0 aliphatic carbocycles. The molecule has 34 heavy (non-hydrogen) atoms. The van der Waals surface area contributed by atoms with Crippen molar-refractivity contribution in [1.82, 2.24) is 9.47 Å². The molecule has 4 rings (SSSR count). The van der Waals surface area contributed by atoms with Gasteiger partial charge in [-0.05, 0) is 91.0 Å². The van der Waals surface area contributed by atoms with Crippen LogP contribution in [0, 0.1) is 13.8 Å². The van der Waals surface area contributed by atoms with E-state index >= 15 is 0 Å². The van der Waals surface area contributed by atoms with Crippen molar-refractivity contribution < 1.29 is 9.53 Å². The summed E-state index contributed by atoms with van der Waals surface area (Å²) in [5, 5.41) is 1.61. The molecule has 3 aromatic carbocycles. The Morgan fingerprint density at radius 1 is 0.882 bits per heavy atom. The second kappa shape index (κ2) is 9.65. The summed E-state index contributed by atoms with van der Waals surface area (Å²) in [6.07, 6.45) is 1.93. The molecule has 0 bridgehead atoms. The van der Waals surface area contributed by atoms with Crippen LogP contribution in [0.1, 0.15) is 32.6 Å². The molecular weight excluding hydrogens is 424 g/mol. The van der Waals surface area contributed by atoms with Gasteiger partial charge in [0.2, 0.25) is 0 Å². The zero-order valence-corrected chi connectivity index (χ0v) is 20.4. The number of esters is 1. The van der Waals surface area contributed by atoms with Crippen molar-refractivity contribution in [3.05, 3.63) is 105 Å². The molecule has 1 heterocycles. The number of hydrogen-bond acceptors (Lipinski definition) is 4. The van der Waals surface area contributed by atoms with Gasteiger partial charge in [-0.3, -0.25) is 4.79 Å². The van der Waals surface area contributed by atoms with Crippen molar-refractivity contribution in [2.75, 3.05) is 21.2 Å². The Balaban J connectivity index is 1.70. The Hall–Kier alpha value is -3.70. The van der Waals surface area contributed by atoms with Gasteiger partial charge in [0.05, 0.1) is 19.2 Å². The van der Waals surface area contributed by atoms with Crippen LogP contribution in [0.25, 0.3) is 21.9 Å². The van der Waals surface area contributed by atoms with Crippen molar-refractivity contribution in [3.63, 3.8) is 0 Å². The maximum Gasteiger partial charge on any atom is 0.337 e. The van der Waals surface area contributed by atoms with Crippen molar-refractivity contribution in [3.8, 4) is 11.1 Å². The number of benzene rings is 3. The minimum atomic E-state index is -0.365. The maximum absolute atomic E-state index is 13.3. The molecule has 0 N–H and O–H groups in total. The third kappa shape index (κ3) is 4.80. The van der Waals surface area contributed by atoms with Crippen molar-refractivity contribution >= 4 is 16.7 Å². The summed E-state index contributed by atoms with van der Waals surface area (Å²) in [7, 11) is 5.48. The van der Waals surface area contributed by atoms with E-state index in [0.717, 1.165) is 39.7 Å². The van der Waals surface area contributed by atoms with Crippen LogP contribution in [0.4, 0.5) is 0 Å². The van der Waals surface area contributed by atoms with Crippen molar-refractivity contribution in [1.29, 1.82) is 0 Å². The zero-order chi connectivity index (χ0) is 24.4. The number of methoxy groups -OCH3 is 1. The highest BCUT2D eigenvalue weighted by Gasteiger charge is 2.13. The lowest BCUT2D eigenvalue weighted by Crippen LogP contribution is -2.21. The molecule has 0 atom stereocenters. The number of carbonyl (C=O) groups excluding carboxylic acids is 1. The molecule has 0 saturated carbocycles. The molecule has 5 nitrogen and oxygen atoms in total. The molecule has 0 fully saturated rings. The normalized spacial score (nSPS) is 11.2. The fraction of sp³-hybridized carbons (Fsp3) is 0.241. The Labute approximate surface area is 200 Å². The van der Waals surface area contributed by atoms with E-state index in [1.54, 1.807) is 10.6 Å². The van der Waals surface area contributed by atoms with Gasteiger partial charge in [0, 0.05) is 18.1 Å². The molecule has 0 aliphatic heterocycles. The number of hydrogen-bond donors (Lipinski definition) is 0. The first kappa shape index (κ1) is 23.5. The molecule has 0 spiro atoms. The number of fused-ring (bicyclic) bond motifs is 1. The molecule has 0 saturated heterocycles. The summed E-state index contributed by atoms with van der Waals surface area (Å²) in [6.45, 7) is 5.45. The molecule has 174 valence electrons. The average molecular weight is 455 g/mol. The predicted octanol–water partition coefficient (Wildman–Crippen LogP) is 5.18. The first-order valence-corrected chi connectivity index (χ1v) is 11.3. The van der Waals surface area contributed by atoms with E-state index in [2.05, 4.69) is 29.2 Å². The first-order valence-electron chi connectivity index (χ1n) is 11.3. The lowest BCUT2D eigenvalue weighted by molar-refractivity contribution is 0.0601. The van der Waals surface area contributed by atoms with E-state index < -0.39 is 0 Å². The third-order valence-electron chi connectivity index (χ3n) is 6.13. The fourth-order valence-corrected chi connectivity index (χ4v) is 4.35. The molecule has 0 unspecified atom stereocenters. The van der Waals surface area contributed by atoms with E-state index in [1.165, 1.54) is 12.7 Å². The molecule has 4 aromatic rings. The largest absolute Gasteiger partial charge is 0.465 e. The second-order valence-electron chi connectivity index (χ2n) is 9.08. The second-order valence-corrected chi connectivity index (χ2v) is 9.08. The predicted molar refractivity (Wildman–Crippen MR) is 137 cm³/mol. The molecule has 0 aliphatic rings. The fourth-order valence-electron chi connectivity index (χ4n) is 4.35. The highest BCUT2D eigenvalue weighted by Crippen LogP contribution is 2.28. The van der Waals surface area contributed by atoms with Gasteiger partial charge in [0.15, 0.2) is 0 Å². The number of rotatable bonds is 6. The Kier molecular flexibility index (Phi) is 6.66. The third-order valence-corrected chi connectivity index (χ3v) is 6.13. The number of aromatic nitrogens is 1. The first-order chi connectivity index (χ1) is 16.3. The van der Waals surface area contributed by atoms with Crippen LogP contribution in [-0.4, -0.2) is 36.6 Å². The van der Waals surface area contributed by atoms with E-state index in [9.17, 15) is 9.59 Å². The molecule has 0 radical (unpaired) electrons. The minimum absolute atomic E-state index is 0.00967. The minimum Gasteiger partial charge on any atom is -0.465 e. The highest BCUT2D eigenvalue weighted by molar-refractivity contribution is 5.93. The zero-order valence-electron chi connectivity index (χ0n) is 20.4. The summed E-state index contributed by atoms with van der Waals surface area (Å²) in [6, 6.07) is 19.8. The van der Waals surface area contributed by atoms with Crippen LogP contribution >= 0.6 is 0 Å². The molecule has 5 heteroatoms. The number of nitrogens with zero attached hydrogens (tertiary/aromatic N) is 2. The van der Waals surface area contributed by atoms with Gasteiger partial charge in [-0.2, -0.15) is 0 Å². The summed E-state index contributed by atoms with van der Waals surface area (Å²) in [4.78, 5) is 27.4. The van der Waals surface area contributed by atoms with Gasteiger partial charge >= 0.3 is 5.97 Å². The lowest BCUT2D eigenvalue weighted by atomic mass is 9.95. The van der Waals surface area contributed by atoms with Gasteiger partial charge in [0.25, 0.3) is 5.56 Å². The number of carbonyl (C=O) groups is 1. The Bertz CT molecular complexity index is 1420. The van der Waals surface area contributed by atoms with Crippen LogP contribution in [0.3, 0.4) is 0 Å². The van der Waals surface area contributed by atoms with E-state index in [4.69, 9.17) is 4.74 Å². The van der Waals surface area contributed by atoms with Crippen LogP contribution in [-0.2, 0) is 17.8 Å². The Morgan fingerprint density at radius 2 is 1.59 bits per heavy atom. The molecule has 1 aromatic heterocycles. The smallest absolute Gasteiger partial charge is 0.337 e. The van der Waals surface area contributed by atoms with Crippen LogP contribution in [0.15, 0.2) is 71.7 Å². The molecular formula is C29H30N2O3. The summed E-state index contributed by atoms with van der Waals surface area (Å²) in [5.41, 5.74) is 6.83. The van der Waals surface area contributed by atoms with Gasteiger partial charge in [-0.1, -0.05) is 36.4 Å².